The molecular weight excluding hydrogens is 941 g/mol. The Labute approximate surface area is 452 Å². The predicted octanol–water partition coefficient (Wildman–Crippen LogP) is 19.2. The minimum Gasteiger partial charge on any atom is -0.310 e. The normalized spacial score (nSPS) is 16.6. The highest BCUT2D eigenvalue weighted by molar-refractivity contribution is 6.13. The van der Waals surface area contributed by atoms with Crippen molar-refractivity contribution in [3.8, 4) is 50.2 Å². The van der Waals surface area contributed by atoms with Gasteiger partial charge in [-0.1, -0.05) is 231 Å². The van der Waals surface area contributed by atoms with Gasteiger partial charge in [0.1, 0.15) is 0 Å². The molecule has 1 aliphatic heterocycles. The van der Waals surface area contributed by atoms with Gasteiger partial charge >= 0.3 is 0 Å². The monoisotopic (exact) mass is 986 g/mol. The molecule has 0 fully saturated rings. The molecule has 2 heteroatoms. The number of para-hydroxylation sites is 3. The summed E-state index contributed by atoms with van der Waals surface area (Å²) in [6.45, 7) is 0. The minimum absolute atomic E-state index is 0.533. The van der Waals surface area contributed by atoms with Crippen LogP contribution >= 0.6 is 0 Å². The highest BCUT2D eigenvalue weighted by Crippen LogP contribution is 2.65. The van der Waals surface area contributed by atoms with Crippen LogP contribution in [0.15, 0.2) is 279 Å². The summed E-state index contributed by atoms with van der Waals surface area (Å²) in [7, 11) is 0. The molecule has 14 aromatic rings. The largest absolute Gasteiger partial charge is 0.310 e. The van der Waals surface area contributed by atoms with Gasteiger partial charge in [-0.05, 0) is 159 Å². The van der Waals surface area contributed by atoms with Gasteiger partial charge in [0.25, 0.3) is 0 Å². The van der Waals surface area contributed by atoms with Gasteiger partial charge in [0.15, 0.2) is 0 Å². The third-order valence-corrected chi connectivity index (χ3v) is 18.4. The first-order valence-electron chi connectivity index (χ1n) is 27.3. The molecule has 2 unspecified atom stereocenters. The Hall–Kier alpha value is -10.0. The van der Waals surface area contributed by atoms with E-state index in [0.717, 1.165) is 17.1 Å². The van der Waals surface area contributed by atoms with Crippen LogP contribution in [0.25, 0.3) is 93.5 Å². The van der Waals surface area contributed by atoms with Crippen molar-refractivity contribution in [2.75, 3.05) is 4.90 Å². The van der Waals surface area contributed by atoms with Crippen molar-refractivity contribution in [1.82, 2.24) is 4.57 Å². The van der Waals surface area contributed by atoms with Crippen LogP contribution in [0.5, 0.6) is 0 Å². The molecule has 1 aromatic heterocycles. The summed E-state index contributed by atoms with van der Waals surface area (Å²) < 4.78 is 2.54. The number of benzene rings is 13. The molecule has 13 aromatic carbocycles. The standard InChI is InChI=1S/C76H46N2/c1-3-20-53-47(17-1)19-15-26-54(53)49-35-38-50(39-36-49)77(51-40-42-58-56-22-5-9-28-63(56)75(69(58)45-51)65-30-11-7-25-62(65)73-55-21-4-2-18-48(55)37-44-67(73)75)52-41-43-59-57-23-6-10-29-64(57)76(70(59)46-52)66-31-12-14-34-72(66)78-71-33-13-8-24-60(71)61-27-16-32-68(76)74(61)78/h1-46H. The van der Waals surface area contributed by atoms with Crippen LogP contribution in [0, 0.1) is 0 Å². The molecule has 0 bridgehead atoms. The molecular formula is C76H46N2. The maximum Gasteiger partial charge on any atom is 0.0755 e. The molecule has 2 spiro atoms. The molecule has 18 rings (SSSR count). The highest BCUT2D eigenvalue weighted by atomic mass is 15.1. The van der Waals surface area contributed by atoms with Crippen LogP contribution in [0.2, 0.25) is 0 Å². The molecule has 2 atom stereocenters. The van der Waals surface area contributed by atoms with Crippen molar-refractivity contribution in [2.45, 2.75) is 10.8 Å². The van der Waals surface area contributed by atoms with Crippen LogP contribution in [0.3, 0.4) is 0 Å². The number of rotatable bonds is 4. The Morgan fingerprint density at radius 2 is 0.744 bits per heavy atom. The maximum absolute atomic E-state index is 2.55. The number of hydrogen-bond donors (Lipinski definition) is 0. The van der Waals surface area contributed by atoms with Crippen LogP contribution in [0.1, 0.15) is 44.5 Å². The molecule has 0 saturated heterocycles. The predicted molar refractivity (Wildman–Crippen MR) is 323 cm³/mol. The summed E-state index contributed by atoms with van der Waals surface area (Å²) in [5.74, 6) is 0. The van der Waals surface area contributed by atoms with Gasteiger partial charge in [-0.15, -0.1) is 0 Å². The fourth-order valence-electron chi connectivity index (χ4n) is 15.4. The number of anilines is 3. The zero-order chi connectivity index (χ0) is 50.8. The lowest BCUT2D eigenvalue weighted by Gasteiger charge is -2.40. The summed E-state index contributed by atoms with van der Waals surface area (Å²) in [5, 5.41) is 7.60. The van der Waals surface area contributed by atoms with Crippen LogP contribution in [-0.4, -0.2) is 4.57 Å². The van der Waals surface area contributed by atoms with E-state index in [1.54, 1.807) is 0 Å². The second-order valence-electron chi connectivity index (χ2n) is 21.8. The summed E-state index contributed by atoms with van der Waals surface area (Å²) >= 11 is 0. The molecule has 0 saturated carbocycles. The van der Waals surface area contributed by atoms with E-state index in [4.69, 9.17) is 0 Å². The topological polar surface area (TPSA) is 8.17 Å². The minimum atomic E-state index is -0.601. The smallest absolute Gasteiger partial charge is 0.0755 e. The van der Waals surface area contributed by atoms with Gasteiger partial charge in [-0.3, -0.25) is 0 Å². The fourth-order valence-corrected chi connectivity index (χ4v) is 15.4. The van der Waals surface area contributed by atoms with Gasteiger partial charge in [-0.25, -0.2) is 0 Å². The van der Waals surface area contributed by atoms with Crippen LogP contribution in [0.4, 0.5) is 17.1 Å². The molecule has 2 nitrogen and oxygen atoms in total. The molecule has 0 N–H and O–H groups in total. The SMILES string of the molecule is c1ccc2c(c1)-c1ccc(N(c3ccc(-c4cccc5ccccc45)cc3)c3ccc4c(c3)C3(c5ccccc5-4)c4ccccc4-n4c5ccccc5c5cccc3c54)cc1C21c2ccccc2-c2c1ccc1ccccc21. The van der Waals surface area contributed by atoms with Gasteiger partial charge < -0.3 is 9.47 Å². The number of hydrogen-bond acceptors (Lipinski definition) is 1. The molecule has 78 heavy (non-hydrogen) atoms. The zero-order valence-electron chi connectivity index (χ0n) is 42.5. The second-order valence-corrected chi connectivity index (χ2v) is 21.8. The fraction of sp³-hybridized carbons (Fsp3) is 0.0263. The van der Waals surface area contributed by atoms with Gasteiger partial charge in [0.2, 0.25) is 0 Å². The number of nitrogens with zero attached hydrogens (tertiary/aromatic N) is 2. The molecule has 0 amide bonds. The first-order valence-corrected chi connectivity index (χ1v) is 27.3. The average molecular weight is 987 g/mol. The Morgan fingerprint density at radius 3 is 1.46 bits per heavy atom. The third-order valence-electron chi connectivity index (χ3n) is 18.4. The van der Waals surface area contributed by atoms with Gasteiger partial charge in [0.05, 0.1) is 27.6 Å². The summed E-state index contributed by atoms with van der Waals surface area (Å²) in [4.78, 5) is 2.54. The molecule has 3 aliphatic carbocycles. The molecule has 2 heterocycles. The van der Waals surface area contributed by atoms with Crippen molar-refractivity contribution in [3.63, 3.8) is 0 Å². The maximum atomic E-state index is 2.55. The highest BCUT2D eigenvalue weighted by Gasteiger charge is 2.53. The number of fused-ring (bicyclic) bond motifs is 25. The molecule has 0 radical (unpaired) electrons. The Morgan fingerprint density at radius 1 is 0.269 bits per heavy atom. The Balaban J connectivity index is 0.913. The van der Waals surface area contributed by atoms with Gasteiger partial charge in [0, 0.05) is 27.8 Å². The van der Waals surface area contributed by atoms with Crippen molar-refractivity contribution >= 4 is 60.4 Å². The summed E-state index contributed by atoms with van der Waals surface area (Å²) in [6, 6.07) is 106. The molecule has 360 valence electrons. The lowest BCUT2D eigenvalue weighted by Crippen LogP contribution is -2.33. The lowest BCUT2D eigenvalue weighted by atomic mass is 9.65. The van der Waals surface area contributed by atoms with E-state index in [1.165, 1.54) is 138 Å². The van der Waals surface area contributed by atoms with E-state index in [2.05, 4.69) is 289 Å². The van der Waals surface area contributed by atoms with E-state index in [1.807, 2.05) is 0 Å². The summed E-state index contributed by atoms with van der Waals surface area (Å²) in [6.07, 6.45) is 0. The van der Waals surface area contributed by atoms with Crippen molar-refractivity contribution in [1.29, 1.82) is 0 Å². The van der Waals surface area contributed by atoms with Crippen molar-refractivity contribution < 1.29 is 0 Å². The van der Waals surface area contributed by atoms with Crippen molar-refractivity contribution in [3.05, 3.63) is 324 Å². The van der Waals surface area contributed by atoms with E-state index < -0.39 is 10.8 Å². The zero-order valence-corrected chi connectivity index (χ0v) is 42.5. The quantitative estimate of drug-likeness (QED) is 0.171. The summed E-state index contributed by atoms with van der Waals surface area (Å²) in [5.41, 5.74) is 26.7. The lowest BCUT2D eigenvalue weighted by molar-refractivity contribution is 0.748. The molecule has 4 aliphatic rings. The van der Waals surface area contributed by atoms with E-state index in [9.17, 15) is 0 Å². The van der Waals surface area contributed by atoms with E-state index >= 15 is 0 Å². The van der Waals surface area contributed by atoms with Gasteiger partial charge in [-0.2, -0.15) is 0 Å². The first-order chi connectivity index (χ1) is 38.7. The van der Waals surface area contributed by atoms with E-state index in [0.29, 0.717) is 0 Å². The second kappa shape index (κ2) is 15.3. The first kappa shape index (κ1) is 42.2. The van der Waals surface area contributed by atoms with E-state index in [-0.39, 0.29) is 0 Å². The van der Waals surface area contributed by atoms with Crippen molar-refractivity contribution in [2.24, 2.45) is 0 Å². The average Bonchev–Trinajstić information content (AvgIpc) is 3.56. The Bertz CT molecular complexity index is 4930. The van der Waals surface area contributed by atoms with Crippen LogP contribution in [-0.2, 0) is 10.8 Å². The number of aromatic nitrogens is 1. The van der Waals surface area contributed by atoms with Crippen LogP contribution < -0.4 is 4.90 Å². The Kier molecular flexibility index (Phi) is 8.29. The third kappa shape index (κ3) is 5.18.